The fourth-order valence-corrected chi connectivity index (χ4v) is 4.14. The van der Waals surface area contributed by atoms with Gasteiger partial charge in [-0.05, 0) is 53.9 Å². The van der Waals surface area contributed by atoms with E-state index in [-0.39, 0.29) is 11.1 Å². The molecule has 1 fully saturated rings. The minimum atomic E-state index is -3.29. The van der Waals surface area contributed by atoms with Gasteiger partial charge >= 0.3 is 0 Å². The molecule has 7 heteroatoms. The van der Waals surface area contributed by atoms with Crippen molar-refractivity contribution in [2.24, 2.45) is 0 Å². The summed E-state index contributed by atoms with van der Waals surface area (Å²) in [5.74, 6) is 1.75. The van der Waals surface area contributed by atoms with Gasteiger partial charge in [0.15, 0.2) is 14.9 Å². The summed E-state index contributed by atoms with van der Waals surface area (Å²) in [5, 5.41) is 0.0801. The lowest BCUT2D eigenvalue weighted by atomic mass is 10.1. The number of likely N-dealkylation sites (tertiary alicyclic amines) is 1. The molecule has 32 heavy (non-hydrogen) atoms. The van der Waals surface area contributed by atoms with Crippen molar-refractivity contribution in [3.05, 3.63) is 72.4 Å². The highest BCUT2D eigenvalue weighted by molar-refractivity contribution is 7.90. The molecule has 1 saturated heterocycles. The number of hydrogen-bond acceptors (Lipinski definition) is 6. The first-order valence-corrected chi connectivity index (χ1v) is 12.7. The maximum Gasteiger partial charge on any atom is 0.192 e. The molecular formula is C25H28N2O4S. The number of sulfone groups is 1. The first-order valence-electron chi connectivity index (χ1n) is 10.8. The van der Waals surface area contributed by atoms with Gasteiger partial charge in [0, 0.05) is 37.7 Å². The van der Waals surface area contributed by atoms with Crippen LogP contribution in [0.15, 0.2) is 71.9 Å². The van der Waals surface area contributed by atoms with Crippen LogP contribution in [0.4, 0.5) is 0 Å². The quantitative estimate of drug-likeness (QED) is 0.485. The van der Waals surface area contributed by atoms with Gasteiger partial charge in [-0.15, -0.1) is 0 Å². The maximum atomic E-state index is 11.5. The van der Waals surface area contributed by atoms with Crippen LogP contribution in [0.1, 0.15) is 18.9 Å². The number of aromatic nitrogens is 1. The zero-order valence-corrected chi connectivity index (χ0v) is 19.2. The number of rotatable bonds is 9. The van der Waals surface area contributed by atoms with Crippen molar-refractivity contribution >= 4 is 9.84 Å². The first-order chi connectivity index (χ1) is 15.4. The van der Waals surface area contributed by atoms with Crippen LogP contribution in [0.25, 0.3) is 11.1 Å². The van der Waals surface area contributed by atoms with Crippen molar-refractivity contribution in [2.45, 2.75) is 31.0 Å². The van der Waals surface area contributed by atoms with Crippen LogP contribution >= 0.6 is 0 Å². The standard InChI is InChI=1S/C25H28N2O4S/c1-3-14-30-22-9-4-19(5-10-22)16-27-17-24(18-27)31-23-11-6-20(7-12-23)21-8-13-25(26-15-21)32(2,28)29/h4-13,15,24H,3,14,16-18H2,1-2H3. The molecule has 0 N–H and O–H groups in total. The monoisotopic (exact) mass is 452 g/mol. The second-order valence-electron chi connectivity index (χ2n) is 8.11. The van der Waals surface area contributed by atoms with Crippen molar-refractivity contribution in [3.63, 3.8) is 0 Å². The Hall–Kier alpha value is -2.90. The normalized spacial score (nSPS) is 14.7. The lowest BCUT2D eigenvalue weighted by molar-refractivity contribution is 0.0146. The smallest absolute Gasteiger partial charge is 0.192 e. The Morgan fingerprint density at radius 3 is 2.19 bits per heavy atom. The van der Waals surface area contributed by atoms with Gasteiger partial charge in [-0.2, -0.15) is 0 Å². The minimum Gasteiger partial charge on any atom is -0.494 e. The van der Waals surface area contributed by atoms with Gasteiger partial charge in [-0.25, -0.2) is 13.4 Å². The molecule has 0 spiro atoms. The highest BCUT2D eigenvalue weighted by atomic mass is 32.2. The Morgan fingerprint density at radius 1 is 0.938 bits per heavy atom. The largest absolute Gasteiger partial charge is 0.494 e. The Balaban J connectivity index is 1.25. The molecule has 2 aromatic carbocycles. The van der Waals surface area contributed by atoms with Gasteiger partial charge in [0.1, 0.15) is 17.6 Å². The Labute approximate surface area is 189 Å². The Bertz CT molecular complexity index is 1120. The van der Waals surface area contributed by atoms with E-state index in [0.29, 0.717) is 0 Å². The van der Waals surface area contributed by atoms with Crippen molar-refractivity contribution in [1.29, 1.82) is 0 Å². The molecule has 0 amide bonds. The second-order valence-corrected chi connectivity index (χ2v) is 10.1. The van der Waals surface area contributed by atoms with Crippen LogP contribution in [0.2, 0.25) is 0 Å². The van der Waals surface area contributed by atoms with Gasteiger partial charge in [-0.1, -0.05) is 31.2 Å². The van der Waals surface area contributed by atoms with Gasteiger partial charge in [0.2, 0.25) is 0 Å². The summed E-state index contributed by atoms with van der Waals surface area (Å²) < 4.78 is 34.8. The van der Waals surface area contributed by atoms with E-state index in [1.807, 2.05) is 36.4 Å². The fourth-order valence-electron chi connectivity index (χ4n) is 3.58. The average Bonchev–Trinajstić information content (AvgIpc) is 2.77. The Kier molecular flexibility index (Phi) is 6.77. The topological polar surface area (TPSA) is 68.7 Å². The molecule has 1 aliphatic rings. The van der Waals surface area contributed by atoms with Gasteiger partial charge in [-0.3, -0.25) is 4.90 Å². The molecule has 0 radical (unpaired) electrons. The molecule has 3 aromatic rings. The Morgan fingerprint density at radius 2 is 1.59 bits per heavy atom. The number of hydrogen-bond donors (Lipinski definition) is 0. The highest BCUT2D eigenvalue weighted by Gasteiger charge is 2.28. The van der Waals surface area contributed by atoms with Crippen LogP contribution in [-0.2, 0) is 16.4 Å². The molecule has 168 valence electrons. The lowest BCUT2D eigenvalue weighted by Gasteiger charge is -2.39. The minimum absolute atomic E-state index is 0.0801. The van der Waals surface area contributed by atoms with Crippen LogP contribution < -0.4 is 9.47 Å². The summed E-state index contributed by atoms with van der Waals surface area (Å²) in [6.07, 6.45) is 3.93. The molecule has 4 rings (SSSR count). The van der Waals surface area contributed by atoms with Gasteiger partial charge in [0.05, 0.1) is 6.61 Å². The average molecular weight is 453 g/mol. The van der Waals surface area contributed by atoms with Crippen molar-refractivity contribution in [1.82, 2.24) is 9.88 Å². The molecular weight excluding hydrogens is 424 g/mol. The summed E-state index contributed by atoms with van der Waals surface area (Å²) in [4.78, 5) is 6.41. The zero-order chi connectivity index (χ0) is 22.6. The SMILES string of the molecule is CCCOc1ccc(CN2CC(Oc3ccc(-c4ccc(S(C)(=O)=O)nc4)cc3)C2)cc1. The summed E-state index contributed by atoms with van der Waals surface area (Å²) in [5.41, 5.74) is 3.10. The zero-order valence-electron chi connectivity index (χ0n) is 18.4. The third-order valence-electron chi connectivity index (χ3n) is 5.33. The lowest BCUT2D eigenvalue weighted by Crippen LogP contribution is -2.53. The third-order valence-corrected chi connectivity index (χ3v) is 6.33. The maximum absolute atomic E-state index is 11.5. The van der Waals surface area contributed by atoms with E-state index in [1.54, 1.807) is 12.3 Å². The van der Waals surface area contributed by atoms with Crippen molar-refractivity contribution in [2.75, 3.05) is 26.0 Å². The van der Waals surface area contributed by atoms with E-state index in [9.17, 15) is 8.42 Å². The predicted octanol–water partition coefficient (Wildman–Crippen LogP) is 4.20. The van der Waals surface area contributed by atoms with Crippen molar-refractivity contribution in [3.8, 4) is 22.6 Å². The first kappa shape index (κ1) is 22.3. The van der Waals surface area contributed by atoms with E-state index >= 15 is 0 Å². The van der Waals surface area contributed by atoms with Crippen LogP contribution in [0, 0.1) is 0 Å². The van der Waals surface area contributed by atoms with E-state index in [0.717, 1.165) is 61.5 Å². The van der Waals surface area contributed by atoms with E-state index < -0.39 is 9.84 Å². The van der Waals surface area contributed by atoms with Crippen LogP contribution in [0.3, 0.4) is 0 Å². The number of pyridine rings is 1. The van der Waals surface area contributed by atoms with E-state index in [4.69, 9.17) is 9.47 Å². The molecule has 0 aliphatic carbocycles. The van der Waals surface area contributed by atoms with Crippen molar-refractivity contribution < 1.29 is 17.9 Å². The van der Waals surface area contributed by atoms with E-state index in [1.165, 1.54) is 11.6 Å². The summed E-state index contributed by atoms with van der Waals surface area (Å²) in [6.45, 7) is 5.55. The number of benzene rings is 2. The molecule has 0 bridgehead atoms. The number of nitrogens with zero attached hydrogens (tertiary/aromatic N) is 2. The van der Waals surface area contributed by atoms with Crippen LogP contribution in [-0.4, -0.2) is 50.4 Å². The number of ether oxygens (including phenoxy) is 2. The molecule has 0 unspecified atom stereocenters. The summed E-state index contributed by atoms with van der Waals surface area (Å²) in [6, 6.07) is 19.4. The molecule has 6 nitrogen and oxygen atoms in total. The summed E-state index contributed by atoms with van der Waals surface area (Å²) in [7, 11) is -3.29. The molecule has 2 heterocycles. The van der Waals surface area contributed by atoms with E-state index in [2.05, 4.69) is 28.9 Å². The molecule has 0 atom stereocenters. The van der Waals surface area contributed by atoms with Crippen LogP contribution in [0.5, 0.6) is 11.5 Å². The van der Waals surface area contributed by atoms with Gasteiger partial charge < -0.3 is 9.47 Å². The molecule has 1 aliphatic heterocycles. The fraction of sp³-hybridized carbons (Fsp3) is 0.320. The molecule has 1 aromatic heterocycles. The third kappa shape index (κ3) is 5.66. The molecule has 0 saturated carbocycles. The highest BCUT2D eigenvalue weighted by Crippen LogP contribution is 2.25. The predicted molar refractivity (Wildman–Crippen MR) is 125 cm³/mol. The van der Waals surface area contributed by atoms with Gasteiger partial charge in [0.25, 0.3) is 0 Å². The second kappa shape index (κ2) is 9.71. The summed E-state index contributed by atoms with van der Waals surface area (Å²) >= 11 is 0.